The topological polar surface area (TPSA) is 6.48 Å². The molecule has 28 heavy (non-hydrogen) atoms. The molecule has 1 atom stereocenters. The van der Waals surface area contributed by atoms with Crippen LogP contribution in [0, 0.1) is 18.6 Å². The Morgan fingerprint density at radius 1 is 0.786 bits per heavy atom. The smallest absolute Gasteiger partial charge is 0.129 e. The van der Waals surface area contributed by atoms with E-state index in [1.54, 1.807) is 18.2 Å². The van der Waals surface area contributed by atoms with E-state index in [-0.39, 0.29) is 17.8 Å². The van der Waals surface area contributed by atoms with Crippen LogP contribution in [0.5, 0.6) is 0 Å². The highest BCUT2D eigenvalue weighted by Gasteiger charge is 2.35. The van der Waals surface area contributed by atoms with Gasteiger partial charge in [-0.15, -0.1) is 0 Å². The highest BCUT2D eigenvalue weighted by atomic mass is 19.1. The fraction of sp³-hybridized carbons (Fsp3) is 0.250. The molecule has 0 amide bonds. The van der Waals surface area contributed by atoms with Gasteiger partial charge in [0.15, 0.2) is 0 Å². The molecule has 0 aromatic heterocycles. The molecule has 1 heterocycles. The molecular weight excluding hydrogens is 354 g/mol. The van der Waals surface area contributed by atoms with Crippen molar-refractivity contribution < 1.29 is 8.78 Å². The molecule has 0 spiro atoms. The normalized spacial score (nSPS) is 17.9. The van der Waals surface area contributed by atoms with Crippen LogP contribution in [0.1, 0.15) is 28.4 Å². The zero-order valence-electron chi connectivity index (χ0n) is 16.0. The summed E-state index contributed by atoms with van der Waals surface area (Å²) in [7, 11) is 0. The third-order valence-electron chi connectivity index (χ3n) is 5.35. The predicted octanol–water partition coefficient (Wildman–Crippen LogP) is 5.29. The lowest BCUT2D eigenvalue weighted by atomic mass is 10.1. The summed E-state index contributed by atoms with van der Waals surface area (Å²) in [6, 6.07) is 22.1. The number of nitrogens with zero attached hydrogens (tertiary/aromatic N) is 2. The van der Waals surface area contributed by atoms with Gasteiger partial charge in [0.25, 0.3) is 0 Å². The first kappa shape index (κ1) is 18.8. The molecule has 2 nitrogen and oxygen atoms in total. The maximum atomic E-state index is 14.7. The second kappa shape index (κ2) is 8.21. The molecule has 0 N–H and O–H groups in total. The van der Waals surface area contributed by atoms with Gasteiger partial charge in [-0.2, -0.15) is 0 Å². The SMILES string of the molecule is Cc1cccc(CN2CCN(Cc3ccccc3F)[C@@H]2c2ccccc2F)c1. The summed E-state index contributed by atoms with van der Waals surface area (Å²) in [5, 5.41) is 0. The van der Waals surface area contributed by atoms with Crippen LogP contribution in [0.2, 0.25) is 0 Å². The number of aryl methyl sites for hydroxylation is 1. The summed E-state index contributed by atoms with van der Waals surface area (Å²) >= 11 is 0. The summed E-state index contributed by atoms with van der Waals surface area (Å²) in [4.78, 5) is 4.43. The van der Waals surface area contributed by atoms with Crippen LogP contribution >= 0.6 is 0 Å². The van der Waals surface area contributed by atoms with Gasteiger partial charge in [0.2, 0.25) is 0 Å². The number of halogens is 2. The van der Waals surface area contributed by atoms with Crippen LogP contribution in [0.4, 0.5) is 8.78 Å². The molecule has 4 heteroatoms. The van der Waals surface area contributed by atoms with Crippen LogP contribution in [0.15, 0.2) is 72.8 Å². The molecule has 3 aromatic rings. The Bertz CT molecular complexity index is 957. The zero-order chi connectivity index (χ0) is 19.5. The molecule has 3 aromatic carbocycles. The number of hydrogen-bond acceptors (Lipinski definition) is 2. The van der Waals surface area contributed by atoms with Crippen LogP contribution < -0.4 is 0 Å². The van der Waals surface area contributed by atoms with E-state index in [1.807, 2.05) is 18.2 Å². The Hall–Kier alpha value is -2.56. The van der Waals surface area contributed by atoms with Crippen LogP contribution in [0.25, 0.3) is 0 Å². The van der Waals surface area contributed by atoms with Crippen LogP contribution in [-0.4, -0.2) is 22.9 Å². The molecule has 0 saturated carbocycles. The first-order chi connectivity index (χ1) is 13.6. The van der Waals surface area contributed by atoms with Gasteiger partial charge in [0, 0.05) is 37.3 Å². The Kier molecular flexibility index (Phi) is 5.51. The summed E-state index contributed by atoms with van der Waals surface area (Å²) < 4.78 is 28.9. The second-order valence-corrected chi connectivity index (χ2v) is 7.42. The Morgan fingerprint density at radius 2 is 1.46 bits per heavy atom. The van der Waals surface area contributed by atoms with E-state index in [2.05, 4.69) is 41.0 Å². The van der Waals surface area contributed by atoms with Gasteiger partial charge in [0.05, 0.1) is 6.17 Å². The van der Waals surface area contributed by atoms with Crippen molar-refractivity contribution in [1.29, 1.82) is 0 Å². The molecular formula is C24H24F2N2. The lowest BCUT2D eigenvalue weighted by Crippen LogP contribution is -2.31. The minimum atomic E-state index is -0.221. The third kappa shape index (κ3) is 3.98. The van der Waals surface area contributed by atoms with Crippen molar-refractivity contribution in [3.63, 3.8) is 0 Å². The summed E-state index contributed by atoms with van der Waals surface area (Å²) in [5.41, 5.74) is 3.70. The van der Waals surface area contributed by atoms with Gasteiger partial charge in [-0.05, 0) is 24.6 Å². The second-order valence-electron chi connectivity index (χ2n) is 7.42. The van der Waals surface area contributed by atoms with E-state index in [1.165, 1.54) is 23.3 Å². The largest absolute Gasteiger partial charge is 0.278 e. The van der Waals surface area contributed by atoms with Crippen molar-refractivity contribution in [3.05, 3.63) is 107 Å². The maximum Gasteiger partial charge on any atom is 0.129 e. The molecule has 4 rings (SSSR count). The molecule has 0 aliphatic carbocycles. The Morgan fingerprint density at radius 3 is 2.18 bits per heavy atom. The molecule has 1 saturated heterocycles. The summed E-state index contributed by atoms with van der Waals surface area (Å²) in [6.45, 7) is 4.83. The zero-order valence-corrected chi connectivity index (χ0v) is 16.0. The van der Waals surface area contributed by atoms with E-state index in [9.17, 15) is 8.78 Å². The standard InChI is InChI=1S/C24H24F2N2/c1-18-7-6-8-19(15-18)16-27-13-14-28(17-20-9-2-4-11-22(20)25)24(27)21-10-3-5-12-23(21)26/h2-12,15,24H,13-14,16-17H2,1H3/t24-/m1/s1. The Balaban J connectivity index is 1.65. The first-order valence-corrected chi connectivity index (χ1v) is 9.63. The van der Waals surface area contributed by atoms with Gasteiger partial charge in [-0.3, -0.25) is 9.80 Å². The van der Waals surface area contributed by atoms with Gasteiger partial charge in [0.1, 0.15) is 11.6 Å². The molecule has 1 fully saturated rings. The van der Waals surface area contributed by atoms with E-state index in [4.69, 9.17) is 0 Å². The average Bonchev–Trinajstić information content (AvgIpc) is 3.06. The highest BCUT2D eigenvalue weighted by Crippen LogP contribution is 2.34. The summed E-state index contributed by atoms with van der Waals surface area (Å²) in [6.07, 6.45) is -0.221. The Labute approximate surface area is 165 Å². The lowest BCUT2D eigenvalue weighted by Gasteiger charge is -2.31. The molecule has 0 radical (unpaired) electrons. The predicted molar refractivity (Wildman–Crippen MR) is 108 cm³/mol. The molecule has 1 aliphatic heterocycles. The van der Waals surface area contributed by atoms with E-state index in [0.29, 0.717) is 17.7 Å². The molecule has 0 unspecified atom stereocenters. The lowest BCUT2D eigenvalue weighted by molar-refractivity contribution is 0.121. The van der Waals surface area contributed by atoms with Gasteiger partial charge in [-0.25, -0.2) is 8.78 Å². The number of benzene rings is 3. The van der Waals surface area contributed by atoms with E-state index in [0.717, 1.165) is 19.6 Å². The van der Waals surface area contributed by atoms with Crippen molar-refractivity contribution >= 4 is 0 Å². The highest BCUT2D eigenvalue weighted by molar-refractivity contribution is 5.26. The van der Waals surface area contributed by atoms with E-state index >= 15 is 0 Å². The summed E-state index contributed by atoms with van der Waals surface area (Å²) in [5.74, 6) is -0.436. The average molecular weight is 378 g/mol. The minimum Gasteiger partial charge on any atom is -0.278 e. The van der Waals surface area contributed by atoms with Crippen molar-refractivity contribution in [1.82, 2.24) is 9.80 Å². The van der Waals surface area contributed by atoms with Crippen molar-refractivity contribution in [2.75, 3.05) is 13.1 Å². The third-order valence-corrected chi connectivity index (χ3v) is 5.35. The van der Waals surface area contributed by atoms with Crippen molar-refractivity contribution in [2.45, 2.75) is 26.2 Å². The van der Waals surface area contributed by atoms with Gasteiger partial charge < -0.3 is 0 Å². The van der Waals surface area contributed by atoms with Gasteiger partial charge in [-0.1, -0.05) is 66.2 Å². The van der Waals surface area contributed by atoms with Crippen LogP contribution in [0.3, 0.4) is 0 Å². The van der Waals surface area contributed by atoms with E-state index < -0.39 is 0 Å². The van der Waals surface area contributed by atoms with Gasteiger partial charge >= 0.3 is 0 Å². The number of hydrogen-bond donors (Lipinski definition) is 0. The minimum absolute atomic E-state index is 0.216. The number of rotatable bonds is 5. The quantitative estimate of drug-likeness (QED) is 0.595. The van der Waals surface area contributed by atoms with Crippen LogP contribution in [-0.2, 0) is 13.1 Å². The first-order valence-electron chi connectivity index (χ1n) is 9.63. The molecule has 144 valence electrons. The molecule has 0 bridgehead atoms. The fourth-order valence-corrected chi connectivity index (χ4v) is 4.03. The van der Waals surface area contributed by atoms with Crippen molar-refractivity contribution in [3.8, 4) is 0 Å². The fourth-order valence-electron chi connectivity index (χ4n) is 4.03. The maximum absolute atomic E-state index is 14.7. The van der Waals surface area contributed by atoms with Crippen molar-refractivity contribution in [2.24, 2.45) is 0 Å². The molecule has 1 aliphatic rings. The monoisotopic (exact) mass is 378 g/mol.